The number of aromatic nitrogens is 5. The highest BCUT2D eigenvalue weighted by atomic mass is 35.5. The molecular weight excluding hydrogens is 533 g/mol. The number of hydrogen-bond donors (Lipinski definition) is 1. The number of aromatic carboxylic acids is 1. The van der Waals surface area contributed by atoms with Crippen molar-refractivity contribution in [3.63, 3.8) is 0 Å². The van der Waals surface area contributed by atoms with Crippen molar-refractivity contribution in [2.45, 2.75) is 24.9 Å². The van der Waals surface area contributed by atoms with Crippen molar-refractivity contribution in [3.8, 4) is 11.7 Å². The van der Waals surface area contributed by atoms with E-state index in [-0.39, 0.29) is 17.3 Å². The molecule has 0 atom stereocenters. The molecule has 36 heavy (non-hydrogen) atoms. The van der Waals surface area contributed by atoms with Gasteiger partial charge in [-0.25, -0.2) is 22.8 Å². The Morgan fingerprint density at radius 1 is 1.19 bits per heavy atom. The fourth-order valence-corrected chi connectivity index (χ4v) is 3.98. The van der Waals surface area contributed by atoms with Crippen LogP contribution in [-0.2, 0) is 17.1 Å². The number of sulfonamides is 1. The van der Waals surface area contributed by atoms with Gasteiger partial charge in [-0.15, -0.1) is 5.10 Å². The molecule has 1 amide bonds. The van der Waals surface area contributed by atoms with E-state index in [2.05, 4.69) is 15.2 Å². The fraction of sp³-hybridized carbons (Fsp3) is 0.316. The van der Waals surface area contributed by atoms with Crippen molar-refractivity contribution < 1.29 is 41.0 Å². The second-order valence-corrected chi connectivity index (χ2v) is 10.0. The largest absolute Gasteiger partial charge is 0.543 e. The first-order valence-electron chi connectivity index (χ1n) is 9.76. The van der Waals surface area contributed by atoms with Crippen LogP contribution in [0.25, 0.3) is 5.82 Å². The molecule has 0 radical (unpaired) electrons. The minimum absolute atomic E-state index is 0.0378. The van der Waals surface area contributed by atoms with Gasteiger partial charge in [-0.05, 0) is 26.0 Å². The quantitative estimate of drug-likeness (QED) is 0.406. The summed E-state index contributed by atoms with van der Waals surface area (Å²) in [5.41, 5.74) is -3.39. The molecule has 17 heteroatoms. The van der Waals surface area contributed by atoms with E-state index >= 15 is 0 Å². The summed E-state index contributed by atoms with van der Waals surface area (Å²) >= 11 is 6.03. The monoisotopic (exact) mass is 549 g/mol. The number of nitrogens with zero attached hydrogens (tertiary/aromatic N) is 5. The summed E-state index contributed by atoms with van der Waals surface area (Å²) in [5, 5.41) is 18.1. The molecule has 12 nitrogen and oxygen atoms in total. The van der Waals surface area contributed by atoms with E-state index in [4.69, 9.17) is 16.3 Å². The zero-order valence-electron chi connectivity index (χ0n) is 18.7. The van der Waals surface area contributed by atoms with Gasteiger partial charge in [0, 0.05) is 25.5 Å². The predicted octanol–water partition coefficient (Wildman–Crippen LogP) is 1.10. The van der Waals surface area contributed by atoms with E-state index < -0.39 is 55.8 Å². The van der Waals surface area contributed by atoms with Gasteiger partial charge in [0.25, 0.3) is 15.9 Å². The Morgan fingerprint density at radius 2 is 1.86 bits per heavy atom. The predicted molar refractivity (Wildman–Crippen MR) is 114 cm³/mol. The topological polar surface area (TPSA) is 161 Å². The number of nitrogens with one attached hydrogen (secondary N) is 1. The van der Waals surface area contributed by atoms with Crippen LogP contribution in [-0.4, -0.2) is 57.6 Å². The van der Waals surface area contributed by atoms with Crippen LogP contribution < -0.4 is 14.6 Å². The smallest absolute Gasteiger partial charge is 0.397 e. The third-order valence-electron chi connectivity index (χ3n) is 4.73. The number of rotatable bonds is 8. The molecule has 3 heterocycles. The van der Waals surface area contributed by atoms with Crippen LogP contribution in [0, 0.1) is 5.41 Å². The second kappa shape index (κ2) is 9.42. The van der Waals surface area contributed by atoms with Crippen LogP contribution in [0.4, 0.5) is 13.2 Å². The van der Waals surface area contributed by atoms with E-state index in [1.165, 1.54) is 25.4 Å². The van der Waals surface area contributed by atoms with Crippen LogP contribution in [0.5, 0.6) is 5.88 Å². The third kappa shape index (κ3) is 5.59. The van der Waals surface area contributed by atoms with Crippen molar-refractivity contribution in [3.05, 3.63) is 47.0 Å². The maximum absolute atomic E-state index is 13.0. The van der Waals surface area contributed by atoms with Gasteiger partial charge in [0.15, 0.2) is 5.82 Å². The maximum Gasteiger partial charge on any atom is 0.397 e. The highest BCUT2D eigenvalue weighted by Crippen LogP contribution is 2.37. The number of halogens is 4. The van der Waals surface area contributed by atoms with E-state index in [0.717, 1.165) is 35.5 Å². The lowest BCUT2D eigenvalue weighted by Gasteiger charge is -2.26. The molecule has 0 unspecified atom stereocenters. The van der Waals surface area contributed by atoms with Crippen LogP contribution in [0.2, 0.25) is 5.15 Å². The zero-order valence-corrected chi connectivity index (χ0v) is 20.3. The average Bonchev–Trinajstić information content (AvgIpc) is 3.38. The van der Waals surface area contributed by atoms with E-state index in [9.17, 15) is 36.3 Å². The van der Waals surface area contributed by atoms with Gasteiger partial charge in [-0.2, -0.15) is 18.3 Å². The first-order chi connectivity index (χ1) is 16.5. The molecule has 0 aliphatic carbocycles. The number of alkyl halides is 3. The van der Waals surface area contributed by atoms with E-state index in [0.29, 0.717) is 0 Å². The standard InChI is InChI=1S/C19H18ClF3N6O6S/c1-18(2,19(21,22)23)9-35-13-6-7-29(25-13)12-5-4-10(15(20)24-12)16(30)27-36(33,34)11-8-28(3)26-14(11)17(31)32/h4-8H,9H2,1-3H3,(H,27,30)(H,31,32)/p-1. The molecule has 3 rings (SSSR count). The molecule has 3 aromatic heterocycles. The minimum atomic E-state index is -4.67. The van der Waals surface area contributed by atoms with Gasteiger partial charge in [-0.3, -0.25) is 9.48 Å². The van der Waals surface area contributed by atoms with E-state index in [1.807, 2.05) is 0 Å². The Bertz CT molecular complexity index is 1430. The van der Waals surface area contributed by atoms with Crippen LogP contribution in [0.1, 0.15) is 34.7 Å². The number of carbonyl (C=O) groups is 2. The highest BCUT2D eigenvalue weighted by Gasteiger charge is 2.48. The normalized spacial score (nSPS) is 12.4. The summed E-state index contributed by atoms with van der Waals surface area (Å²) in [7, 11) is -3.40. The number of carboxylic acid groups (broad SMARTS) is 1. The maximum atomic E-state index is 13.0. The Morgan fingerprint density at radius 3 is 2.44 bits per heavy atom. The van der Waals surface area contributed by atoms with Crippen molar-refractivity contribution in [1.82, 2.24) is 29.3 Å². The Labute approximate surface area is 206 Å². The molecule has 0 saturated carbocycles. The number of carboxylic acids is 1. The molecule has 0 aromatic carbocycles. The van der Waals surface area contributed by atoms with Gasteiger partial charge in [0.05, 0.1) is 16.9 Å². The van der Waals surface area contributed by atoms with Gasteiger partial charge in [0.2, 0.25) is 5.88 Å². The van der Waals surface area contributed by atoms with Crippen LogP contribution in [0.3, 0.4) is 0 Å². The SMILES string of the molecule is Cn1cc(S(=O)(=O)NC(=O)c2ccc(-n3ccc(OCC(C)(C)C(F)(F)F)n3)nc2Cl)c(C(=O)[O-])n1. The second-order valence-electron chi connectivity index (χ2n) is 8.01. The summed E-state index contributed by atoms with van der Waals surface area (Å²) in [5.74, 6) is -3.17. The zero-order chi connectivity index (χ0) is 27.1. The average molecular weight is 550 g/mol. The van der Waals surface area contributed by atoms with Gasteiger partial charge >= 0.3 is 6.18 Å². The summed E-state index contributed by atoms with van der Waals surface area (Å²) in [6, 6.07) is 3.64. The molecule has 0 aliphatic heterocycles. The van der Waals surface area contributed by atoms with Crippen molar-refractivity contribution >= 4 is 33.5 Å². The third-order valence-corrected chi connectivity index (χ3v) is 6.35. The molecule has 0 bridgehead atoms. The lowest BCUT2D eigenvalue weighted by atomic mass is 9.94. The number of amides is 1. The number of ether oxygens (including phenoxy) is 1. The lowest BCUT2D eigenvalue weighted by molar-refractivity contribution is -0.255. The summed E-state index contributed by atoms with van der Waals surface area (Å²) in [6.07, 6.45) is -2.29. The molecule has 0 fully saturated rings. The number of carbonyl (C=O) groups excluding carboxylic acids is 2. The Hall–Kier alpha value is -3.66. The van der Waals surface area contributed by atoms with Gasteiger partial charge in [-0.1, -0.05) is 11.6 Å². The fourth-order valence-electron chi connectivity index (χ4n) is 2.61. The number of aryl methyl sites for hydroxylation is 1. The molecule has 0 saturated heterocycles. The van der Waals surface area contributed by atoms with Gasteiger partial charge in [0.1, 0.15) is 22.3 Å². The number of pyridine rings is 1. The van der Waals surface area contributed by atoms with Crippen molar-refractivity contribution in [2.75, 3.05) is 6.61 Å². The highest BCUT2D eigenvalue weighted by molar-refractivity contribution is 7.90. The molecule has 1 N–H and O–H groups in total. The summed E-state index contributed by atoms with van der Waals surface area (Å²) < 4.78 is 72.8. The Kier molecular flexibility index (Phi) is 7.05. The van der Waals surface area contributed by atoms with Gasteiger partial charge < -0.3 is 14.6 Å². The molecule has 0 spiro atoms. The first kappa shape index (κ1) is 26.9. The van der Waals surface area contributed by atoms with Crippen LogP contribution in [0.15, 0.2) is 35.5 Å². The summed E-state index contributed by atoms with van der Waals surface area (Å²) in [6.45, 7) is 1.26. The first-order valence-corrected chi connectivity index (χ1v) is 11.6. The molecular formula is C19H17ClF3N6O6S-. The summed E-state index contributed by atoms with van der Waals surface area (Å²) in [4.78, 5) is 26.8. The van der Waals surface area contributed by atoms with Crippen molar-refractivity contribution in [1.29, 1.82) is 0 Å². The van der Waals surface area contributed by atoms with Crippen LogP contribution >= 0.6 is 11.6 Å². The molecule has 3 aromatic rings. The van der Waals surface area contributed by atoms with Crippen molar-refractivity contribution in [2.24, 2.45) is 12.5 Å². The number of hydrogen-bond acceptors (Lipinski definition) is 9. The molecule has 0 aliphatic rings. The van der Waals surface area contributed by atoms with E-state index in [1.54, 1.807) is 4.72 Å². The Balaban J connectivity index is 1.77. The molecule has 194 valence electrons. The lowest BCUT2D eigenvalue weighted by Crippen LogP contribution is -2.37. The minimum Gasteiger partial charge on any atom is -0.543 e.